The predicted molar refractivity (Wildman–Crippen MR) is 68.5 cm³/mol. The van der Waals surface area contributed by atoms with Gasteiger partial charge >= 0.3 is 5.97 Å². The van der Waals surface area contributed by atoms with Crippen LogP contribution >= 0.6 is 0 Å². The Labute approximate surface area is 109 Å². The summed E-state index contributed by atoms with van der Waals surface area (Å²) in [4.78, 5) is 12.0. The SMILES string of the molecule is CCOC(=O)C1(NC)CCC(OC(C)COC)C1. The van der Waals surface area contributed by atoms with Crippen molar-refractivity contribution in [3.8, 4) is 0 Å². The standard InChI is InChI=1S/C13H25NO4/c1-5-17-12(15)13(14-3)7-6-11(8-13)18-10(2)9-16-4/h10-11,14H,5-9H2,1-4H3. The molecule has 0 saturated heterocycles. The highest BCUT2D eigenvalue weighted by atomic mass is 16.5. The van der Waals surface area contributed by atoms with E-state index in [-0.39, 0.29) is 18.2 Å². The van der Waals surface area contributed by atoms with Crippen molar-refractivity contribution in [1.82, 2.24) is 5.32 Å². The number of carbonyl (C=O) groups is 1. The monoisotopic (exact) mass is 259 g/mol. The number of hydrogen-bond acceptors (Lipinski definition) is 5. The molecule has 0 bridgehead atoms. The Balaban J connectivity index is 2.53. The molecule has 0 aromatic carbocycles. The van der Waals surface area contributed by atoms with E-state index >= 15 is 0 Å². The second kappa shape index (κ2) is 7.07. The highest BCUT2D eigenvalue weighted by Crippen LogP contribution is 2.33. The van der Waals surface area contributed by atoms with Gasteiger partial charge in [-0.25, -0.2) is 0 Å². The maximum absolute atomic E-state index is 12.0. The quantitative estimate of drug-likeness (QED) is 0.694. The second-order valence-electron chi connectivity index (χ2n) is 4.82. The van der Waals surface area contributed by atoms with Crippen molar-refractivity contribution in [1.29, 1.82) is 0 Å². The molecule has 1 aliphatic rings. The summed E-state index contributed by atoms with van der Waals surface area (Å²) in [6, 6.07) is 0. The number of esters is 1. The molecule has 1 saturated carbocycles. The van der Waals surface area contributed by atoms with Crippen LogP contribution in [-0.4, -0.2) is 51.1 Å². The molecule has 0 heterocycles. The maximum Gasteiger partial charge on any atom is 0.326 e. The summed E-state index contributed by atoms with van der Waals surface area (Å²) in [6.07, 6.45) is 2.43. The molecule has 0 spiro atoms. The fourth-order valence-electron chi connectivity index (χ4n) is 2.50. The summed E-state index contributed by atoms with van der Waals surface area (Å²) in [7, 11) is 3.46. The van der Waals surface area contributed by atoms with Crippen LogP contribution in [0.4, 0.5) is 0 Å². The Kier molecular flexibility index (Phi) is 6.05. The van der Waals surface area contributed by atoms with Crippen LogP contribution in [0.15, 0.2) is 0 Å². The van der Waals surface area contributed by atoms with Gasteiger partial charge in [0.15, 0.2) is 0 Å². The average Bonchev–Trinajstić information content (AvgIpc) is 2.74. The smallest absolute Gasteiger partial charge is 0.326 e. The molecular formula is C13H25NO4. The summed E-state index contributed by atoms with van der Waals surface area (Å²) < 4.78 is 16.0. The van der Waals surface area contributed by atoms with Crippen molar-refractivity contribution in [2.24, 2.45) is 0 Å². The van der Waals surface area contributed by atoms with Gasteiger partial charge in [-0.3, -0.25) is 4.79 Å². The van der Waals surface area contributed by atoms with Crippen molar-refractivity contribution in [2.45, 2.75) is 50.9 Å². The number of methoxy groups -OCH3 is 1. The normalized spacial score (nSPS) is 29.2. The van der Waals surface area contributed by atoms with Crippen molar-refractivity contribution < 1.29 is 19.0 Å². The van der Waals surface area contributed by atoms with Crippen LogP contribution in [-0.2, 0) is 19.0 Å². The molecule has 0 aromatic heterocycles. The fourth-order valence-corrected chi connectivity index (χ4v) is 2.50. The Bertz CT molecular complexity index is 272. The zero-order valence-electron chi connectivity index (χ0n) is 11.8. The lowest BCUT2D eigenvalue weighted by molar-refractivity contribution is -0.151. The van der Waals surface area contributed by atoms with Gasteiger partial charge in [-0.2, -0.15) is 0 Å². The molecule has 0 radical (unpaired) electrons. The summed E-state index contributed by atoms with van der Waals surface area (Å²) in [5.74, 6) is -0.169. The first-order valence-electron chi connectivity index (χ1n) is 6.58. The number of hydrogen-bond donors (Lipinski definition) is 1. The second-order valence-corrected chi connectivity index (χ2v) is 4.82. The van der Waals surface area contributed by atoms with Crippen LogP contribution in [0.2, 0.25) is 0 Å². The zero-order chi connectivity index (χ0) is 13.6. The lowest BCUT2D eigenvalue weighted by atomic mass is 9.98. The number of nitrogens with one attached hydrogen (secondary N) is 1. The number of carbonyl (C=O) groups excluding carboxylic acids is 1. The summed E-state index contributed by atoms with van der Waals surface area (Å²) >= 11 is 0. The third-order valence-electron chi connectivity index (χ3n) is 3.44. The van der Waals surface area contributed by atoms with Crippen molar-refractivity contribution in [2.75, 3.05) is 27.4 Å². The molecule has 3 atom stereocenters. The molecule has 18 heavy (non-hydrogen) atoms. The summed E-state index contributed by atoms with van der Waals surface area (Å²) in [5.41, 5.74) is -0.576. The molecule has 3 unspecified atom stereocenters. The van der Waals surface area contributed by atoms with E-state index in [9.17, 15) is 4.79 Å². The van der Waals surface area contributed by atoms with Gasteiger partial charge in [-0.1, -0.05) is 0 Å². The molecule has 1 N–H and O–H groups in total. The van der Waals surface area contributed by atoms with Crippen LogP contribution in [0, 0.1) is 0 Å². The first-order valence-corrected chi connectivity index (χ1v) is 6.58. The highest BCUT2D eigenvalue weighted by molar-refractivity contribution is 5.81. The van der Waals surface area contributed by atoms with Gasteiger partial charge in [0.25, 0.3) is 0 Å². The third kappa shape index (κ3) is 3.67. The van der Waals surface area contributed by atoms with Gasteiger partial charge in [0.05, 0.1) is 25.4 Å². The van der Waals surface area contributed by atoms with Gasteiger partial charge in [0, 0.05) is 13.5 Å². The van der Waals surface area contributed by atoms with Gasteiger partial charge in [0.2, 0.25) is 0 Å². The van der Waals surface area contributed by atoms with Crippen LogP contribution < -0.4 is 5.32 Å². The van der Waals surface area contributed by atoms with E-state index in [1.165, 1.54) is 0 Å². The van der Waals surface area contributed by atoms with Crippen molar-refractivity contribution in [3.05, 3.63) is 0 Å². The third-order valence-corrected chi connectivity index (χ3v) is 3.44. The van der Waals surface area contributed by atoms with Crippen molar-refractivity contribution >= 4 is 5.97 Å². The van der Waals surface area contributed by atoms with E-state index < -0.39 is 5.54 Å². The Morgan fingerprint density at radius 3 is 2.83 bits per heavy atom. The number of likely N-dealkylation sites (N-methyl/N-ethyl adjacent to an activating group) is 1. The molecule has 0 amide bonds. The average molecular weight is 259 g/mol. The lowest BCUT2D eigenvalue weighted by Gasteiger charge is -2.26. The largest absolute Gasteiger partial charge is 0.465 e. The minimum absolute atomic E-state index is 0.0508. The van der Waals surface area contributed by atoms with Gasteiger partial charge in [0.1, 0.15) is 5.54 Å². The first-order chi connectivity index (χ1) is 8.57. The Morgan fingerprint density at radius 1 is 1.56 bits per heavy atom. The molecule has 5 nitrogen and oxygen atoms in total. The van der Waals surface area contributed by atoms with Gasteiger partial charge in [-0.05, 0) is 33.7 Å². The lowest BCUT2D eigenvalue weighted by Crippen LogP contribution is -2.49. The highest BCUT2D eigenvalue weighted by Gasteiger charge is 2.46. The predicted octanol–water partition coefficient (Wildman–Crippen LogP) is 1.11. The van der Waals surface area contributed by atoms with Crippen LogP contribution in [0.3, 0.4) is 0 Å². The van der Waals surface area contributed by atoms with Gasteiger partial charge < -0.3 is 19.5 Å². The number of ether oxygens (including phenoxy) is 3. The molecule has 0 aliphatic heterocycles. The Morgan fingerprint density at radius 2 is 2.28 bits per heavy atom. The zero-order valence-corrected chi connectivity index (χ0v) is 11.8. The minimum atomic E-state index is -0.576. The molecule has 5 heteroatoms. The van der Waals surface area contributed by atoms with E-state index in [0.717, 1.165) is 12.8 Å². The number of rotatable bonds is 7. The van der Waals surface area contributed by atoms with Crippen LogP contribution in [0.25, 0.3) is 0 Å². The van der Waals surface area contributed by atoms with E-state index in [1.54, 1.807) is 14.2 Å². The molecule has 1 rings (SSSR count). The van der Waals surface area contributed by atoms with E-state index in [1.807, 2.05) is 13.8 Å². The topological polar surface area (TPSA) is 56.8 Å². The van der Waals surface area contributed by atoms with Crippen molar-refractivity contribution in [3.63, 3.8) is 0 Å². The van der Waals surface area contributed by atoms with E-state index in [2.05, 4.69) is 5.32 Å². The van der Waals surface area contributed by atoms with E-state index in [0.29, 0.717) is 19.6 Å². The van der Waals surface area contributed by atoms with Crippen LogP contribution in [0.1, 0.15) is 33.1 Å². The molecular weight excluding hydrogens is 234 g/mol. The molecule has 1 aliphatic carbocycles. The van der Waals surface area contributed by atoms with E-state index in [4.69, 9.17) is 14.2 Å². The molecule has 1 fully saturated rings. The summed E-state index contributed by atoms with van der Waals surface area (Å²) in [6.45, 7) is 4.79. The minimum Gasteiger partial charge on any atom is -0.465 e. The molecule has 106 valence electrons. The fraction of sp³-hybridized carbons (Fsp3) is 0.923. The summed E-state index contributed by atoms with van der Waals surface area (Å²) in [5, 5.41) is 3.11. The van der Waals surface area contributed by atoms with Crippen LogP contribution in [0.5, 0.6) is 0 Å². The maximum atomic E-state index is 12.0. The first kappa shape index (κ1) is 15.4. The molecule has 0 aromatic rings. The van der Waals surface area contributed by atoms with Gasteiger partial charge in [-0.15, -0.1) is 0 Å². The Hall–Kier alpha value is -0.650.